The molecule has 1 aromatic carbocycles. The summed E-state index contributed by atoms with van der Waals surface area (Å²) in [5.74, 6) is -4.50. The van der Waals surface area contributed by atoms with E-state index in [1.807, 2.05) is 19.9 Å². The molecular formula is C23H28O7. The number of carbonyl (C=O) groups is 3. The molecule has 162 valence electrons. The van der Waals surface area contributed by atoms with Crippen molar-refractivity contribution in [2.45, 2.75) is 52.6 Å². The zero-order chi connectivity index (χ0) is 22.2. The highest BCUT2D eigenvalue weighted by Gasteiger charge is 2.57. The van der Waals surface area contributed by atoms with E-state index in [0.29, 0.717) is 16.9 Å². The van der Waals surface area contributed by atoms with Gasteiger partial charge in [-0.15, -0.1) is 0 Å². The maximum atomic E-state index is 13.0. The predicted octanol–water partition coefficient (Wildman–Crippen LogP) is 3.22. The first-order valence-corrected chi connectivity index (χ1v) is 10.2. The molecule has 1 saturated carbocycles. The summed E-state index contributed by atoms with van der Waals surface area (Å²) in [7, 11) is 0. The Bertz CT molecular complexity index is 985. The lowest BCUT2D eigenvalue weighted by atomic mass is 9.61. The summed E-state index contributed by atoms with van der Waals surface area (Å²) in [5.41, 5.74) is 0.247. The van der Waals surface area contributed by atoms with Gasteiger partial charge in [0.25, 0.3) is 0 Å². The number of ether oxygens (including phenoxy) is 2. The molecular weight excluding hydrogens is 388 g/mol. The number of aliphatic hydroxyl groups is 1. The fourth-order valence-corrected chi connectivity index (χ4v) is 4.50. The molecule has 4 unspecified atom stereocenters. The largest absolute Gasteiger partial charge is 0.466 e. The van der Waals surface area contributed by atoms with Crippen LogP contribution in [0.15, 0.2) is 22.6 Å². The lowest BCUT2D eigenvalue weighted by Gasteiger charge is -2.43. The highest BCUT2D eigenvalue weighted by atomic mass is 16.5. The van der Waals surface area contributed by atoms with Gasteiger partial charge in [0.05, 0.1) is 24.7 Å². The van der Waals surface area contributed by atoms with Gasteiger partial charge in [0.2, 0.25) is 0 Å². The van der Waals surface area contributed by atoms with Crippen LogP contribution in [0.4, 0.5) is 0 Å². The molecule has 7 nitrogen and oxygen atoms in total. The van der Waals surface area contributed by atoms with Crippen molar-refractivity contribution in [1.29, 1.82) is 0 Å². The van der Waals surface area contributed by atoms with Gasteiger partial charge in [-0.3, -0.25) is 14.4 Å². The van der Waals surface area contributed by atoms with Crippen molar-refractivity contribution in [3.8, 4) is 0 Å². The van der Waals surface area contributed by atoms with Crippen LogP contribution in [0, 0.1) is 25.7 Å². The molecule has 1 N–H and O–H groups in total. The van der Waals surface area contributed by atoms with E-state index in [2.05, 4.69) is 0 Å². The Labute approximate surface area is 175 Å². The number of para-hydroxylation sites is 1. The van der Waals surface area contributed by atoms with Gasteiger partial charge in [-0.2, -0.15) is 0 Å². The molecule has 3 rings (SSSR count). The Morgan fingerprint density at radius 1 is 1.17 bits per heavy atom. The molecule has 0 saturated heterocycles. The van der Waals surface area contributed by atoms with Crippen molar-refractivity contribution in [2.75, 3.05) is 13.2 Å². The van der Waals surface area contributed by atoms with Crippen molar-refractivity contribution in [3.63, 3.8) is 0 Å². The molecule has 1 aliphatic rings. The first kappa shape index (κ1) is 22.0. The molecule has 0 amide bonds. The molecule has 0 spiro atoms. The van der Waals surface area contributed by atoms with E-state index in [0.717, 1.165) is 10.9 Å². The third kappa shape index (κ3) is 3.62. The van der Waals surface area contributed by atoms with E-state index >= 15 is 0 Å². The number of rotatable bonds is 5. The molecule has 1 aromatic heterocycles. The molecule has 0 aliphatic heterocycles. The highest BCUT2D eigenvalue weighted by Crippen LogP contribution is 2.48. The van der Waals surface area contributed by atoms with E-state index in [1.165, 1.54) is 6.92 Å². The molecule has 2 aromatic rings. The number of furan rings is 1. The lowest BCUT2D eigenvalue weighted by Crippen LogP contribution is -2.55. The fraction of sp³-hybridized carbons (Fsp3) is 0.522. The summed E-state index contributed by atoms with van der Waals surface area (Å²) in [5, 5.41) is 11.9. The molecule has 1 heterocycles. The van der Waals surface area contributed by atoms with E-state index < -0.39 is 41.1 Å². The first-order valence-electron chi connectivity index (χ1n) is 10.2. The molecule has 0 bridgehead atoms. The van der Waals surface area contributed by atoms with Gasteiger partial charge < -0.3 is 19.0 Å². The number of esters is 2. The number of fused-ring (bicyclic) bond motifs is 1. The Hall–Kier alpha value is -2.67. The average molecular weight is 416 g/mol. The van der Waals surface area contributed by atoms with Crippen molar-refractivity contribution < 1.29 is 33.4 Å². The number of hydrogen-bond donors (Lipinski definition) is 1. The molecule has 4 atom stereocenters. The Balaban J connectivity index is 2.28. The highest BCUT2D eigenvalue weighted by molar-refractivity contribution is 6.03. The average Bonchev–Trinajstić information content (AvgIpc) is 2.95. The van der Waals surface area contributed by atoms with Crippen LogP contribution in [-0.2, 0) is 23.9 Å². The topological polar surface area (TPSA) is 103 Å². The van der Waals surface area contributed by atoms with Gasteiger partial charge in [0, 0.05) is 23.3 Å². The summed E-state index contributed by atoms with van der Waals surface area (Å²) in [6, 6.07) is 5.40. The van der Waals surface area contributed by atoms with Gasteiger partial charge in [0.1, 0.15) is 17.3 Å². The summed E-state index contributed by atoms with van der Waals surface area (Å²) < 4.78 is 16.4. The van der Waals surface area contributed by atoms with Crippen LogP contribution in [0.2, 0.25) is 0 Å². The van der Waals surface area contributed by atoms with Crippen LogP contribution >= 0.6 is 0 Å². The Morgan fingerprint density at radius 2 is 1.80 bits per heavy atom. The third-order valence-electron chi connectivity index (χ3n) is 5.94. The van der Waals surface area contributed by atoms with E-state index in [4.69, 9.17) is 13.9 Å². The number of Topliss-reactive ketones (excluding diaryl/α,β-unsaturated/α-hetero) is 1. The quantitative estimate of drug-likeness (QED) is 0.590. The van der Waals surface area contributed by atoms with Crippen LogP contribution in [0.5, 0.6) is 0 Å². The maximum absolute atomic E-state index is 13.0. The lowest BCUT2D eigenvalue weighted by molar-refractivity contribution is -0.172. The minimum absolute atomic E-state index is 0.0962. The van der Waals surface area contributed by atoms with Crippen molar-refractivity contribution in [1.82, 2.24) is 0 Å². The summed E-state index contributed by atoms with van der Waals surface area (Å²) in [6.07, 6.45) is -0.345. The summed E-state index contributed by atoms with van der Waals surface area (Å²) in [6.45, 7) is 8.70. The zero-order valence-corrected chi connectivity index (χ0v) is 18.0. The number of carbonyl (C=O) groups excluding carboxylic acids is 3. The van der Waals surface area contributed by atoms with Gasteiger partial charge in [-0.25, -0.2) is 0 Å². The Morgan fingerprint density at radius 3 is 2.43 bits per heavy atom. The van der Waals surface area contributed by atoms with Gasteiger partial charge in [-0.1, -0.05) is 18.2 Å². The van der Waals surface area contributed by atoms with E-state index in [1.54, 1.807) is 26.0 Å². The second-order valence-electron chi connectivity index (χ2n) is 7.99. The molecule has 1 aliphatic carbocycles. The van der Waals surface area contributed by atoms with Crippen LogP contribution < -0.4 is 0 Å². The minimum Gasteiger partial charge on any atom is -0.466 e. The summed E-state index contributed by atoms with van der Waals surface area (Å²) >= 11 is 0. The normalized spacial score (nSPS) is 26.6. The molecule has 0 radical (unpaired) electrons. The second kappa shape index (κ2) is 8.22. The van der Waals surface area contributed by atoms with Crippen LogP contribution in [-0.4, -0.2) is 41.6 Å². The van der Waals surface area contributed by atoms with Crippen LogP contribution in [0.1, 0.15) is 50.0 Å². The van der Waals surface area contributed by atoms with Gasteiger partial charge in [0.15, 0.2) is 5.78 Å². The van der Waals surface area contributed by atoms with E-state index in [9.17, 15) is 19.5 Å². The molecule has 1 fully saturated rings. The number of ketones is 1. The standard InChI is InChI=1S/C23H28O7/c1-6-28-21(25)18-16(24)11-23(5,27)19(22(26)29-7-2)17(18)15-10-8-9-14-12(3)13(4)30-20(14)15/h8-10,17-19,27H,6-7,11H2,1-5H3. The predicted molar refractivity (Wildman–Crippen MR) is 109 cm³/mol. The number of hydrogen-bond acceptors (Lipinski definition) is 7. The zero-order valence-electron chi connectivity index (χ0n) is 18.0. The third-order valence-corrected chi connectivity index (χ3v) is 5.94. The van der Waals surface area contributed by atoms with Crippen LogP contribution in [0.3, 0.4) is 0 Å². The number of benzene rings is 1. The SMILES string of the molecule is CCOC(=O)C1C(=O)CC(C)(O)C(C(=O)OCC)C1c1cccc2c(C)c(C)oc12. The van der Waals surface area contributed by atoms with Crippen molar-refractivity contribution in [2.24, 2.45) is 11.8 Å². The maximum Gasteiger partial charge on any atom is 0.317 e. The van der Waals surface area contributed by atoms with E-state index in [-0.39, 0.29) is 19.6 Å². The monoisotopic (exact) mass is 416 g/mol. The molecule has 30 heavy (non-hydrogen) atoms. The number of aryl methyl sites for hydroxylation is 2. The van der Waals surface area contributed by atoms with Gasteiger partial charge in [-0.05, 0) is 40.2 Å². The fourth-order valence-electron chi connectivity index (χ4n) is 4.50. The van der Waals surface area contributed by atoms with Crippen molar-refractivity contribution >= 4 is 28.7 Å². The Kier molecular flexibility index (Phi) is 6.04. The first-order chi connectivity index (χ1) is 14.1. The van der Waals surface area contributed by atoms with Crippen molar-refractivity contribution in [3.05, 3.63) is 35.1 Å². The second-order valence-corrected chi connectivity index (χ2v) is 7.99. The summed E-state index contributed by atoms with van der Waals surface area (Å²) in [4.78, 5) is 38.8. The smallest absolute Gasteiger partial charge is 0.317 e. The van der Waals surface area contributed by atoms with Crippen LogP contribution in [0.25, 0.3) is 11.0 Å². The van der Waals surface area contributed by atoms with Gasteiger partial charge >= 0.3 is 11.9 Å². The molecule has 7 heteroatoms. The minimum atomic E-state index is -1.68.